The second-order valence-electron chi connectivity index (χ2n) is 3.82. The Morgan fingerprint density at radius 1 is 1.40 bits per heavy atom. The minimum atomic E-state index is -0.669. The van der Waals surface area contributed by atoms with Crippen molar-refractivity contribution in [1.82, 2.24) is 4.98 Å². The third-order valence-corrected chi connectivity index (χ3v) is 3.41. The molecule has 0 atom stereocenters. The lowest BCUT2D eigenvalue weighted by Crippen LogP contribution is -2.15. The molecule has 1 heterocycles. The average molecular weight is 384 g/mol. The maximum atomic E-state index is 12.1. The van der Waals surface area contributed by atoms with Gasteiger partial charge in [-0.3, -0.25) is 14.9 Å². The Bertz CT molecular complexity index is 690. The van der Waals surface area contributed by atoms with Crippen LogP contribution in [0.3, 0.4) is 0 Å². The molecular formula is C12H9IN4O3. The Morgan fingerprint density at radius 3 is 2.75 bits per heavy atom. The van der Waals surface area contributed by atoms with Crippen LogP contribution >= 0.6 is 22.6 Å². The largest absolute Gasteiger partial charge is 0.384 e. The lowest BCUT2D eigenvalue weighted by Gasteiger charge is -2.07. The highest BCUT2D eigenvalue weighted by Gasteiger charge is 2.21. The fraction of sp³-hybridized carbons (Fsp3) is 0. The van der Waals surface area contributed by atoms with Crippen LogP contribution in [0, 0.1) is 13.7 Å². The highest BCUT2D eigenvalue weighted by molar-refractivity contribution is 14.1. The number of pyridine rings is 1. The molecule has 0 aliphatic rings. The van der Waals surface area contributed by atoms with E-state index in [1.807, 2.05) is 12.1 Å². The topological polar surface area (TPSA) is 111 Å². The van der Waals surface area contributed by atoms with Gasteiger partial charge in [-0.15, -0.1) is 0 Å². The molecule has 7 nitrogen and oxygen atoms in total. The molecule has 102 valence electrons. The summed E-state index contributed by atoms with van der Waals surface area (Å²) >= 11 is 2.06. The van der Waals surface area contributed by atoms with E-state index < -0.39 is 10.8 Å². The summed E-state index contributed by atoms with van der Waals surface area (Å²) in [6, 6.07) is 8.28. The fourth-order valence-corrected chi connectivity index (χ4v) is 2.07. The van der Waals surface area contributed by atoms with Gasteiger partial charge in [0.2, 0.25) is 0 Å². The minimum absolute atomic E-state index is 0.0449. The lowest BCUT2D eigenvalue weighted by atomic mass is 10.2. The van der Waals surface area contributed by atoms with Crippen LogP contribution < -0.4 is 11.1 Å². The van der Waals surface area contributed by atoms with Gasteiger partial charge in [-0.25, -0.2) is 4.98 Å². The van der Waals surface area contributed by atoms with Crippen LogP contribution in [-0.4, -0.2) is 15.8 Å². The smallest absolute Gasteiger partial charge is 0.300 e. The number of nitrogens with two attached hydrogens (primary N) is 1. The number of para-hydroxylation sites is 1. The molecule has 0 saturated carbocycles. The van der Waals surface area contributed by atoms with Crippen LogP contribution in [-0.2, 0) is 0 Å². The Morgan fingerprint density at radius 2 is 2.10 bits per heavy atom. The van der Waals surface area contributed by atoms with Crippen LogP contribution in [0.2, 0.25) is 0 Å². The van der Waals surface area contributed by atoms with E-state index in [0.717, 1.165) is 9.77 Å². The number of nitro groups is 1. The maximum Gasteiger partial charge on any atom is 0.300 e. The van der Waals surface area contributed by atoms with Crippen LogP contribution in [0.4, 0.5) is 17.2 Å². The molecule has 1 amide bonds. The highest BCUT2D eigenvalue weighted by Crippen LogP contribution is 2.22. The summed E-state index contributed by atoms with van der Waals surface area (Å²) in [4.78, 5) is 26.0. The number of nitrogens with one attached hydrogen (secondary N) is 1. The van der Waals surface area contributed by atoms with Gasteiger partial charge in [0.05, 0.1) is 10.6 Å². The van der Waals surface area contributed by atoms with E-state index in [2.05, 4.69) is 32.9 Å². The highest BCUT2D eigenvalue weighted by atomic mass is 127. The maximum absolute atomic E-state index is 12.1. The van der Waals surface area contributed by atoms with E-state index in [0.29, 0.717) is 5.69 Å². The summed E-state index contributed by atoms with van der Waals surface area (Å²) < 4.78 is 0.822. The summed E-state index contributed by atoms with van der Waals surface area (Å²) in [6.07, 6.45) is 0.972. The summed E-state index contributed by atoms with van der Waals surface area (Å²) in [5.41, 5.74) is 5.54. The predicted molar refractivity (Wildman–Crippen MR) is 82.4 cm³/mol. The molecule has 0 aliphatic heterocycles. The molecule has 2 aromatic rings. The summed E-state index contributed by atoms with van der Waals surface area (Å²) in [7, 11) is 0. The molecule has 1 aromatic carbocycles. The number of anilines is 2. The molecule has 0 bridgehead atoms. The molecule has 3 N–H and O–H groups in total. The van der Waals surface area contributed by atoms with Crippen molar-refractivity contribution in [3.8, 4) is 0 Å². The predicted octanol–water partition coefficient (Wildman–Crippen LogP) is 2.43. The molecule has 0 spiro atoms. The Kier molecular flexibility index (Phi) is 4.13. The number of carbonyl (C=O) groups excluding carboxylic acids is 1. The van der Waals surface area contributed by atoms with Gasteiger partial charge in [0, 0.05) is 3.57 Å². The number of halogens is 1. The van der Waals surface area contributed by atoms with Crippen molar-refractivity contribution in [1.29, 1.82) is 0 Å². The van der Waals surface area contributed by atoms with Crippen LogP contribution in [0.25, 0.3) is 0 Å². The second-order valence-corrected chi connectivity index (χ2v) is 4.98. The number of hydrogen-bond acceptors (Lipinski definition) is 5. The SMILES string of the molecule is Nc1cc(C(=O)Nc2ccccc2I)c([N+](=O)[O-])cn1. The first-order valence-electron chi connectivity index (χ1n) is 5.45. The van der Waals surface area contributed by atoms with Crippen molar-refractivity contribution < 1.29 is 9.72 Å². The normalized spacial score (nSPS) is 10.1. The van der Waals surface area contributed by atoms with E-state index in [1.165, 1.54) is 6.07 Å². The molecule has 0 unspecified atom stereocenters. The van der Waals surface area contributed by atoms with Crippen molar-refractivity contribution >= 4 is 45.7 Å². The van der Waals surface area contributed by atoms with Crippen molar-refractivity contribution in [2.75, 3.05) is 11.1 Å². The molecule has 0 radical (unpaired) electrons. The van der Waals surface area contributed by atoms with Crippen molar-refractivity contribution in [2.24, 2.45) is 0 Å². The third-order valence-electron chi connectivity index (χ3n) is 2.47. The first-order valence-corrected chi connectivity index (χ1v) is 6.52. The van der Waals surface area contributed by atoms with E-state index >= 15 is 0 Å². The standard InChI is InChI=1S/C12H9IN4O3/c13-8-3-1-2-4-9(8)16-12(18)7-5-11(14)15-6-10(7)17(19)20/h1-6H,(H2,14,15)(H,16,18). The first kappa shape index (κ1) is 14.2. The van der Waals surface area contributed by atoms with Gasteiger partial charge in [0.15, 0.2) is 0 Å². The van der Waals surface area contributed by atoms with Gasteiger partial charge in [-0.2, -0.15) is 0 Å². The number of carbonyl (C=O) groups is 1. The van der Waals surface area contributed by atoms with E-state index in [-0.39, 0.29) is 17.1 Å². The summed E-state index contributed by atoms with van der Waals surface area (Å²) in [5, 5.41) is 13.5. The first-order chi connectivity index (χ1) is 9.49. The van der Waals surface area contributed by atoms with Gasteiger partial charge >= 0.3 is 0 Å². The third kappa shape index (κ3) is 3.02. The number of amides is 1. The summed E-state index contributed by atoms with van der Waals surface area (Å²) in [6.45, 7) is 0. The molecule has 0 aliphatic carbocycles. The quantitative estimate of drug-likeness (QED) is 0.480. The summed E-state index contributed by atoms with van der Waals surface area (Å²) in [5.74, 6) is -0.557. The Hall–Kier alpha value is -2.23. The van der Waals surface area contributed by atoms with Gasteiger partial charge < -0.3 is 11.1 Å². The second kappa shape index (κ2) is 5.82. The van der Waals surface area contributed by atoms with E-state index in [9.17, 15) is 14.9 Å². The minimum Gasteiger partial charge on any atom is -0.384 e. The van der Waals surface area contributed by atoms with E-state index in [1.54, 1.807) is 12.1 Å². The van der Waals surface area contributed by atoms with Gasteiger partial charge in [-0.1, -0.05) is 12.1 Å². The van der Waals surface area contributed by atoms with Crippen LogP contribution in [0.1, 0.15) is 10.4 Å². The average Bonchev–Trinajstić information content (AvgIpc) is 2.40. The van der Waals surface area contributed by atoms with Crippen molar-refractivity contribution in [2.45, 2.75) is 0 Å². The van der Waals surface area contributed by atoms with Gasteiger partial charge in [0.25, 0.3) is 11.6 Å². The molecule has 0 fully saturated rings. The number of aromatic nitrogens is 1. The molecule has 20 heavy (non-hydrogen) atoms. The van der Waals surface area contributed by atoms with Gasteiger partial charge in [-0.05, 0) is 40.8 Å². The lowest BCUT2D eigenvalue weighted by molar-refractivity contribution is -0.385. The molecule has 1 aromatic heterocycles. The van der Waals surface area contributed by atoms with Crippen LogP contribution in [0.5, 0.6) is 0 Å². The van der Waals surface area contributed by atoms with E-state index in [4.69, 9.17) is 5.73 Å². The van der Waals surface area contributed by atoms with Gasteiger partial charge in [0.1, 0.15) is 17.6 Å². The number of rotatable bonds is 3. The molecule has 0 saturated heterocycles. The molecular weight excluding hydrogens is 375 g/mol. The van der Waals surface area contributed by atoms with Crippen LogP contribution in [0.15, 0.2) is 36.5 Å². The zero-order chi connectivity index (χ0) is 14.7. The fourth-order valence-electron chi connectivity index (χ4n) is 1.54. The Labute approximate surface area is 127 Å². The van der Waals surface area contributed by atoms with Crippen molar-refractivity contribution in [3.05, 3.63) is 55.8 Å². The number of nitrogens with zero attached hydrogens (tertiary/aromatic N) is 2. The Balaban J connectivity index is 2.37. The number of benzene rings is 1. The molecule has 2 rings (SSSR count). The zero-order valence-corrected chi connectivity index (χ0v) is 12.2. The van der Waals surface area contributed by atoms with Crippen molar-refractivity contribution in [3.63, 3.8) is 0 Å². The monoisotopic (exact) mass is 384 g/mol. The number of hydrogen-bond donors (Lipinski definition) is 2. The number of nitrogen functional groups attached to an aromatic ring is 1. The zero-order valence-electron chi connectivity index (χ0n) is 10.0. The molecule has 8 heteroatoms.